The molecule has 0 aliphatic rings. The molecule has 2 amide bonds. The van der Waals surface area contributed by atoms with E-state index in [1.807, 2.05) is 44.2 Å². The lowest BCUT2D eigenvalue weighted by molar-refractivity contribution is -0.192. The van der Waals surface area contributed by atoms with Crippen LogP contribution in [0.2, 0.25) is 0 Å². The number of hydrogen-bond donors (Lipinski definition) is 3. The summed E-state index contributed by atoms with van der Waals surface area (Å²) in [5.74, 6) is -5.40. The van der Waals surface area contributed by atoms with Crippen LogP contribution >= 0.6 is 11.8 Å². The minimum Gasteiger partial charge on any atom is -0.475 e. The molecule has 0 saturated carbocycles. The van der Waals surface area contributed by atoms with Gasteiger partial charge in [0.1, 0.15) is 0 Å². The standard InChI is InChI=1S/C24H30F3N3O3S.C2HF3O2/c1-16(2)9-10-22(32)30-23(33)20(8-5-11-34-15-21(31)24(25,26)27)29-14-17-12-18-6-3-4-7-19(18)28-13-17;3-2(4,5)1(6)7/h3-4,6-7,12-13,16,20,29H,5,8-11,14-15H2,1-2H3,(H,30,32,33);(H,6,7)/t20-;/m0./s1. The molecule has 0 radical (unpaired) electrons. The Morgan fingerprint density at radius 1 is 1.00 bits per heavy atom. The molecule has 41 heavy (non-hydrogen) atoms. The molecular weight excluding hydrogens is 580 g/mol. The third-order valence-electron chi connectivity index (χ3n) is 5.30. The molecule has 0 spiro atoms. The number of thioether (sulfide) groups is 1. The summed E-state index contributed by atoms with van der Waals surface area (Å²) >= 11 is 0.877. The highest BCUT2D eigenvalue weighted by molar-refractivity contribution is 7.99. The number of nitrogens with zero attached hydrogens (tertiary/aromatic N) is 1. The number of benzene rings is 1. The van der Waals surface area contributed by atoms with E-state index >= 15 is 0 Å². The number of pyridine rings is 1. The molecule has 0 aliphatic heterocycles. The summed E-state index contributed by atoms with van der Waals surface area (Å²) in [4.78, 5) is 49.1. The average Bonchev–Trinajstić information content (AvgIpc) is 2.87. The summed E-state index contributed by atoms with van der Waals surface area (Å²) in [6.07, 6.45) is -6.61. The first kappa shape index (κ1) is 35.8. The Bertz CT molecular complexity index is 1170. The number of Topliss-reactive ketones (excluding diaryl/α,β-unsaturated/α-hetero) is 1. The lowest BCUT2D eigenvalue weighted by Gasteiger charge is -2.18. The summed E-state index contributed by atoms with van der Waals surface area (Å²) in [6.45, 7) is 4.30. The number of carboxylic acids is 1. The second kappa shape index (κ2) is 16.9. The first-order valence-corrected chi connectivity index (χ1v) is 13.5. The smallest absolute Gasteiger partial charge is 0.475 e. The zero-order chi connectivity index (χ0) is 31.2. The molecule has 1 heterocycles. The van der Waals surface area contributed by atoms with E-state index in [0.29, 0.717) is 31.7 Å². The van der Waals surface area contributed by atoms with Crippen molar-refractivity contribution < 1.29 is 50.6 Å². The van der Waals surface area contributed by atoms with Crippen molar-refractivity contribution in [1.82, 2.24) is 15.6 Å². The highest BCUT2D eigenvalue weighted by atomic mass is 32.2. The lowest BCUT2D eigenvalue weighted by Crippen LogP contribution is -2.46. The number of fused-ring (bicyclic) bond motifs is 1. The predicted octanol–water partition coefficient (Wildman–Crippen LogP) is 5.05. The van der Waals surface area contributed by atoms with Crippen LogP contribution in [-0.4, -0.2) is 63.6 Å². The van der Waals surface area contributed by atoms with Crippen LogP contribution in [0.25, 0.3) is 10.9 Å². The van der Waals surface area contributed by atoms with E-state index in [1.165, 1.54) is 0 Å². The third kappa shape index (κ3) is 14.8. The fourth-order valence-electron chi connectivity index (χ4n) is 3.12. The van der Waals surface area contributed by atoms with Crippen molar-refractivity contribution in [2.75, 3.05) is 11.5 Å². The van der Waals surface area contributed by atoms with Crippen molar-refractivity contribution >= 4 is 46.2 Å². The van der Waals surface area contributed by atoms with Crippen molar-refractivity contribution in [3.63, 3.8) is 0 Å². The Kier molecular flexibility index (Phi) is 14.8. The fraction of sp³-hybridized carbons (Fsp3) is 0.500. The number of imide groups is 1. The Morgan fingerprint density at radius 3 is 2.22 bits per heavy atom. The van der Waals surface area contributed by atoms with Gasteiger partial charge in [-0.3, -0.25) is 24.7 Å². The fourth-order valence-corrected chi connectivity index (χ4v) is 3.99. The van der Waals surface area contributed by atoms with Gasteiger partial charge in [-0.05, 0) is 48.6 Å². The second-order valence-electron chi connectivity index (χ2n) is 9.23. The van der Waals surface area contributed by atoms with Gasteiger partial charge in [-0.2, -0.15) is 38.1 Å². The number of carbonyl (C=O) groups is 4. The number of aromatic nitrogens is 1. The number of rotatable bonds is 13. The van der Waals surface area contributed by atoms with E-state index in [4.69, 9.17) is 9.90 Å². The Labute approximate surface area is 236 Å². The highest BCUT2D eigenvalue weighted by Crippen LogP contribution is 2.20. The Balaban J connectivity index is 0.00000106. The highest BCUT2D eigenvalue weighted by Gasteiger charge is 2.38. The molecule has 1 atom stereocenters. The Hall–Kier alpha value is -3.20. The van der Waals surface area contributed by atoms with Gasteiger partial charge in [0.15, 0.2) is 0 Å². The summed E-state index contributed by atoms with van der Waals surface area (Å²) in [5, 5.41) is 13.6. The molecular formula is C26H31F6N3O5S. The number of aliphatic carboxylic acids is 1. The largest absolute Gasteiger partial charge is 0.490 e. The minimum absolute atomic E-state index is 0.236. The second-order valence-corrected chi connectivity index (χ2v) is 10.3. The van der Waals surface area contributed by atoms with E-state index in [-0.39, 0.29) is 18.1 Å². The number of amides is 2. The normalized spacial score (nSPS) is 12.4. The number of para-hydroxylation sites is 1. The summed E-state index contributed by atoms with van der Waals surface area (Å²) in [7, 11) is 0. The van der Waals surface area contributed by atoms with Crippen molar-refractivity contribution in [2.45, 2.75) is 64.5 Å². The molecule has 15 heteroatoms. The maximum absolute atomic E-state index is 12.7. The summed E-state index contributed by atoms with van der Waals surface area (Å²) in [6, 6.07) is 8.87. The molecule has 228 valence electrons. The van der Waals surface area contributed by atoms with E-state index < -0.39 is 41.8 Å². The summed E-state index contributed by atoms with van der Waals surface area (Å²) < 4.78 is 68.7. The van der Waals surface area contributed by atoms with Gasteiger partial charge < -0.3 is 10.4 Å². The van der Waals surface area contributed by atoms with Gasteiger partial charge >= 0.3 is 18.3 Å². The lowest BCUT2D eigenvalue weighted by atomic mass is 10.1. The number of carboxylic acid groups (broad SMARTS) is 1. The van der Waals surface area contributed by atoms with Gasteiger partial charge in [-0.25, -0.2) is 4.79 Å². The van der Waals surface area contributed by atoms with E-state index in [0.717, 1.165) is 28.2 Å². The van der Waals surface area contributed by atoms with Gasteiger partial charge in [0.2, 0.25) is 17.6 Å². The molecule has 0 fully saturated rings. The number of halogens is 6. The molecule has 0 aliphatic carbocycles. The Morgan fingerprint density at radius 2 is 1.63 bits per heavy atom. The maximum Gasteiger partial charge on any atom is 0.490 e. The third-order valence-corrected chi connectivity index (χ3v) is 6.34. The summed E-state index contributed by atoms with van der Waals surface area (Å²) in [5.41, 5.74) is 1.70. The van der Waals surface area contributed by atoms with Crippen molar-refractivity contribution in [2.24, 2.45) is 5.92 Å². The van der Waals surface area contributed by atoms with E-state index in [2.05, 4.69) is 15.6 Å². The molecule has 2 rings (SSSR count). The number of ketones is 1. The van der Waals surface area contributed by atoms with Gasteiger partial charge in [0.05, 0.1) is 17.3 Å². The van der Waals surface area contributed by atoms with Crippen LogP contribution < -0.4 is 10.6 Å². The van der Waals surface area contributed by atoms with Crippen LogP contribution in [0.5, 0.6) is 0 Å². The molecule has 0 saturated heterocycles. The van der Waals surface area contributed by atoms with E-state index in [1.54, 1.807) is 6.20 Å². The topological polar surface area (TPSA) is 125 Å². The van der Waals surface area contributed by atoms with Crippen LogP contribution in [0, 0.1) is 5.92 Å². The van der Waals surface area contributed by atoms with Gasteiger partial charge in [-0.15, -0.1) is 0 Å². The van der Waals surface area contributed by atoms with Crippen molar-refractivity contribution in [1.29, 1.82) is 0 Å². The molecule has 8 nitrogen and oxygen atoms in total. The average molecular weight is 612 g/mol. The van der Waals surface area contributed by atoms with Crippen LogP contribution in [0.1, 0.15) is 45.1 Å². The van der Waals surface area contributed by atoms with Crippen LogP contribution in [0.3, 0.4) is 0 Å². The first-order chi connectivity index (χ1) is 19.0. The van der Waals surface area contributed by atoms with Gasteiger partial charge in [0.25, 0.3) is 0 Å². The molecule has 0 bridgehead atoms. The van der Waals surface area contributed by atoms with Crippen LogP contribution in [-0.2, 0) is 25.7 Å². The maximum atomic E-state index is 12.7. The van der Waals surface area contributed by atoms with Crippen LogP contribution in [0.15, 0.2) is 36.5 Å². The first-order valence-electron chi connectivity index (χ1n) is 12.4. The number of alkyl halides is 6. The zero-order valence-corrected chi connectivity index (χ0v) is 23.1. The van der Waals surface area contributed by atoms with E-state index in [9.17, 15) is 40.7 Å². The predicted molar refractivity (Wildman–Crippen MR) is 141 cm³/mol. The number of hydrogen-bond acceptors (Lipinski definition) is 7. The zero-order valence-electron chi connectivity index (χ0n) is 22.3. The SMILES string of the molecule is CC(C)CCC(=O)NC(=O)[C@H](CCCSCC(=O)C(F)(F)F)NCc1cnc2ccccc2c1.O=C(O)C(F)(F)F. The van der Waals surface area contributed by atoms with Gasteiger partial charge in [0, 0.05) is 24.5 Å². The number of carbonyl (C=O) groups excluding carboxylic acids is 3. The molecule has 1 aromatic heterocycles. The molecule has 2 aromatic rings. The monoisotopic (exact) mass is 611 g/mol. The number of nitrogens with one attached hydrogen (secondary N) is 2. The quantitative estimate of drug-likeness (QED) is 0.212. The van der Waals surface area contributed by atoms with Crippen LogP contribution in [0.4, 0.5) is 26.3 Å². The van der Waals surface area contributed by atoms with Crippen molar-refractivity contribution in [3.05, 3.63) is 42.1 Å². The van der Waals surface area contributed by atoms with Crippen molar-refractivity contribution in [3.8, 4) is 0 Å². The molecule has 0 unspecified atom stereocenters. The molecule has 3 N–H and O–H groups in total. The minimum atomic E-state index is -5.08. The van der Waals surface area contributed by atoms with Gasteiger partial charge in [-0.1, -0.05) is 32.0 Å². The molecule has 1 aromatic carbocycles.